The number of carbonyl (C=O) groups is 2. The lowest BCUT2D eigenvalue weighted by Crippen LogP contribution is -2.45. The average molecular weight is 413 g/mol. The molecule has 1 fully saturated rings. The number of hydrogen-bond donors (Lipinski definition) is 2. The fraction of sp³-hybridized carbons (Fsp3) is 0.737. The van der Waals surface area contributed by atoms with Gasteiger partial charge in [0.15, 0.2) is 5.13 Å². The highest BCUT2D eigenvalue weighted by Gasteiger charge is 2.38. The fourth-order valence-corrected chi connectivity index (χ4v) is 3.96. The highest BCUT2D eigenvalue weighted by atomic mass is 32.1. The number of nitrogens with one attached hydrogen (secondary N) is 1. The van der Waals surface area contributed by atoms with Gasteiger partial charge in [-0.1, -0.05) is 0 Å². The van der Waals surface area contributed by atoms with E-state index in [9.17, 15) is 14.7 Å². The van der Waals surface area contributed by atoms with Crippen molar-refractivity contribution in [2.45, 2.75) is 65.3 Å². The van der Waals surface area contributed by atoms with Gasteiger partial charge < -0.3 is 15.2 Å². The number of hydrogen-bond acceptors (Lipinski definition) is 8. The molecule has 0 aliphatic carbocycles. The summed E-state index contributed by atoms with van der Waals surface area (Å²) in [6.07, 6.45) is -0.646. The predicted octanol–water partition coefficient (Wildman–Crippen LogP) is 1.41. The molecule has 0 unspecified atom stereocenters. The Labute approximate surface area is 170 Å². The van der Waals surface area contributed by atoms with Crippen molar-refractivity contribution in [3.8, 4) is 0 Å². The summed E-state index contributed by atoms with van der Waals surface area (Å²) < 4.78 is 5.35. The van der Waals surface area contributed by atoms with E-state index in [0.717, 1.165) is 10.6 Å². The van der Waals surface area contributed by atoms with Crippen molar-refractivity contribution in [1.82, 2.24) is 14.8 Å². The predicted molar refractivity (Wildman–Crippen MR) is 110 cm³/mol. The number of anilines is 1. The summed E-state index contributed by atoms with van der Waals surface area (Å²) in [5.74, 6) is -0.489. The minimum atomic E-state index is -0.646. The van der Waals surface area contributed by atoms with Crippen molar-refractivity contribution in [2.24, 2.45) is 0 Å². The van der Waals surface area contributed by atoms with Crippen LogP contribution in [0.1, 0.15) is 38.3 Å². The van der Waals surface area contributed by atoms with Crippen molar-refractivity contribution >= 4 is 28.3 Å². The molecule has 1 amide bonds. The minimum absolute atomic E-state index is 0.0884. The number of aromatic nitrogens is 1. The quantitative estimate of drug-likeness (QED) is 0.682. The van der Waals surface area contributed by atoms with E-state index in [2.05, 4.69) is 10.3 Å². The zero-order valence-corrected chi connectivity index (χ0v) is 18.6. The highest BCUT2D eigenvalue weighted by Crippen LogP contribution is 2.23. The third-order valence-electron chi connectivity index (χ3n) is 4.84. The Morgan fingerprint density at radius 1 is 1.39 bits per heavy atom. The molecule has 1 aromatic heterocycles. The molecule has 0 saturated carbocycles. The monoisotopic (exact) mass is 412 g/mol. The van der Waals surface area contributed by atoms with Gasteiger partial charge >= 0.3 is 5.97 Å². The Kier molecular flexibility index (Phi) is 7.19. The van der Waals surface area contributed by atoms with E-state index < -0.39 is 17.7 Å². The van der Waals surface area contributed by atoms with E-state index in [-0.39, 0.29) is 24.5 Å². The third kappa shape index (κ3) is 5.97. The Hall–Kier alpha value is -1.55. The summed E-state index contributed by atoms with van der Waals surface area (Å²) in [4.78, 5) is 33.8. The number of likely N-dealkylation sites (N-methyl/N-ethyl adjacent to an activating group) is 1. The third-order valence-corrected chi connectivity index (χ3v) is 5.83. The molecule has 0 bridgehead atoms. The summed E-state index contributed by atoms with van der Waals surface area (Å²) in [7, 11) is 1.78. The molecule has 2 rings (SSSR count). The number of β-amino-alcohol motifs (C(OH)–C–C–N with tert-alkyl or cyclic N) is 1. The maximum Gasteiger partial charge on any atom is 0.320 e. The largest absolute Gasteiger partial charge is 0.459 e. The number of rotatable bonds is 6. The van der Waals surface area contributed by atoms with Crippen LogP contribution < -0.4 is 5.32 Å². The summed E-state index contributed by atoms with van der Waals surface area (Å²) in [6.45, 7) is 12.1. The number of thiazole rings is 1. The number of aryl methyl sites for hydroxylation is 2. The van der Waals surface area contributed by atoms with Crippen LogP contribution in [-0.2, 0) is 14.3 Å². The van der Waals surface area contributed by atoms with E-state index in [1.54, 1.807) is 11.9 Å². The summed E-state index contributed by atoms with van der Waals surface area (Å²) in [6, 6.07) is -0.661. The molecule has 28 heavy (non-hydrogen) atoms. The second-order valence-electron chi connectivity index (χ2n) is 8.42. The first-order valence-corrected chi connectivity index (χ1v) is 10.3. The highest BCUT2D eigenvalue weighted by molar-refractivity contribution is 7.15. The molecule has 2 N–H and O–H groups in total. The van der Waals surface area contributed by atoms with Gasteiger partial charge in [0, 0.05) is 24.0 Å². The number of nitrogens with zero attached hydrogens (tertiary/aromatic N) is 3. The van der Waals surface area contributed by atoms with Crippen molar-refractivity contribution in [3.05, 3.63) is 10.6 Å². The molecule has 9 heteroatoms. The van der Waals surface area contributed by atoms with E-state index in [0.29, 0.717) is 18.2 Å². The molecule has 0 spiro atoms. The van der Waals surface area contributed by atoms with Crippen molar-refractivity contribution in [1.29, 1.82) is 0 Å². The average Bonchev–Trinajstić information content (AvgIpc) is 3.07. The minimum Gasteiger partial charge on any atom is -0.459 e. The van der Waals surface area contributed by atoms with E-state index in [1.807, 2.05) is 46.4 Å². The molecule has 1 saturated heterocycles. The summed E-state index contributed by atoms with van der Waals surface area (Å²) >= 11 is 1.45. The van der Waals surface area contributed by atoms with Gasteiger partial charge in [-0.25, -0.2) is 4.98 Å². The van der Waals surface area contributed by atoms with Crippen molar-refractivity contribution < 1.29 is 19.4 Å². The molecule has 0 radical (unpaired) electrons. The van der Waals surface area contributed by atoms with Crippen LogP contribution in [0.15, 0.2) is 0 Å². The van der Waals surface area contributed by atoms with Crippen LogP contribution in [0.4, 0.5) is 5.13 Å². The molecule has 2 heterocycles. The number of carbonyl (C=O) groups excluding carboxylic acids is 2. The van der Waals surface area contributed by atoms with Gasteiger partial charge in [0.2, 0.25) is 5.91 Å². The van der Waals surface area contributed by atoms with Gasteiger partial charge in [-0.2, -0.15) is 0 Å². The van der Waals surface area contributed by atoms with Crippen LogP contribution in [-0.4, -0.2) is 82.2 Å². The molecule has 1 aliphatic heterocycles. The SMILES string of the molecule is Cc1nc(NC(=O)[C@@H](C)N2C[C@@H](O)[C@H](N(C)CC(=O)OC(C)(C)C)C2)sc1C. The maximum atomic E-state index is 12.6. The molecule has 3 atom stereocenters. The Balaban J connectivity index is 1.92. The van der Waals surface area contributed by atoms with Gasteiger partial charge in [-0.05, 0) is 48.6 Å². The molecule has 158 valence electrons. The smallest absolute Gasteiger partial charge is 0.320 e. The number of aliphatic hydroxyl groups excluding tert-OH is 1. The van der Waals surface area contributed by atoms with E-state index >= 15 is 0 Å². The molecule has 1 aromatic rings. The Morgan fingerprint density at radius 2 is 2.04 bits per heavy atom. The first-order chi connectivity index (χ1) is 12.9. The van der Waals surface area contributed by atoms with Gasteiger partial charge in [0.1, 0.15) is 5.60 Å². The van der Waals surface area contributed by atoms with Gasteiger partial charge in [0.25, 0.3) is 0 Å². The number of esters is 1. The number of likely N-dealkylation sites (tertiary alicyclic amines) is 1. The molecule has 1 aliphatic rings. The molecular formula is C19H32N4O4S. The molecule has 8 nitrogen and oxygen atoms in total. The molecular weight excluding hydrogens is 380 g/mol. The lowest BCUT2D eigenvalue weighted by atomic mass is 10.2. The Bertz CT molecular complexity index is 696. The lowest BCUT2D eigenvalue weighted by Gasteiger charge is -2.28. The fourth-order valence-electron chi connectivity index (χ4n) is 3.14. The van der Waals surface area contributed by atoms with Crippen LogP contribution in [0.25, 0.3) is 0 Å². The second-order valence-corrected chi connectivity index (χ2v) is 9.62. The standard InChI is InChI=1S/C19H32N4O4S/c1-11-13(3)28-18(20-11)21-17(26)12(2)23-8-14(15(24)9-23)22(7)10-16(25)27-19(4,5)6/h12,14-15,24H,8-10H2,1-7H3,(H,20,21,26)/t12-,14-,15-/m1/s1. The van der Waals surface area contributed by atoms with Gasteiger partial charge in [-0.3, -0.25) is 19.4 Å². The van der Waals surface area contributed by atoms with E-state index in [1.165, 1.54) is 11.3 Å². The van der Waals surface area contributed by atoms with Gasteiger partial charge in [0.05, 0.1) is 24.4 Å². The number of aliphatic hydroxyl groups is 1. The Morgan fingerprint density at radius 3 is 2.57 bits per heavy atom. The first-order valence-electron chi connectivity index (χ1n) is 9.46. The number of ether oxygens (including phenoxy) is 1. The summed E-state index contributed by atoms with van der Waals surface area (Å²) in [5.41, 5.74) is 0.366. The second kappa shape index (κ2) is 8.86. The zero-order valence-electron chi connectivity index (χ0n) is 17.8. The van der Waals surface area contributed by atoms with Crippen LogP contribution in [0.5, 0.6) is 0 Å². The van der Waals surface area contributed by atoms with Gasteiger partial charge in [-0.15, -0.1) is 11.3 Å². The number of amides is 1. The lowest BCUT2D eigenvalue weighted by molar-refractivity contribution is -0.156. The van der Waals surface area contributed by atoms with Crippen LogP contribution >= 0.6 is 11.3 Å². The van der Waals surface area contributed by atoms with Crippen LogP contribution in [0.2, 0.25) is 0 Å². The molecule has 0 aromatic carbocycles. The van der Waals surface area contributed by atoms with Crippen molar-refractivity contribution in [2.75, 3.05) is 32.0 Å². The zero-order chi connectivity index (χ0) is 21.2. The topological polar surface area (TPSA) is 95.0 Å². The van der Waals surface area contributed by atoms with Crippen LogP contribution in [0, 0.1) is 13.8 Å². The van der Waals surface area contributed by atoms with E-state index in [4.69, 9.17) is 4.74 Å². The van der Waals surface area contributed by atoms with Crippen LogP contribution in [0.3, 0.4) is 0 Å². The maximum absolute atomic E-state index is 12.6. The normalized spacial score (nSPS) is 21.8. The van der Waals surface area contributed by atoms with Crippen molar-refractivity contribution in [3.63, 3.8) is 0 Å². The summed E-state index contributed by atoms with van der Waals surface area (Å²) in [5, 5.41) is 13.9. The first kappa shape index (κ1) is 22.7.